The molecule has 166 valence electrons. The molecule has 0 saturated carbocycles. The maximum atomic E-state index is 12.0. The fourth-order valence-electron chi connectivity index (χ4n) is 2.56. The summed E-state index contributed by atoms with van der Waals surface area (Å²) in [5.74, 6) is 0.0816. The van der Waals surface area contributed by atoms with E-state index >= 15 is 0 Å². The van der Waals surface area contributed by atoms with Gasteiger partial charge in [-0.15, -0.1) is 0 Å². The van der Waals surface area contributed by atoms with Crippen LogP contribution >= 0.6 is 60.0 Å². The van der Waals surface area contributed by atoms with Crippen molar-refractivity contribution in [2.75, 3.05) is 13.2 Å². The fraction of sp³-hybridized carbons (Fsp3) is 0.0952. The minimum absolute atomic E-state index is 0.0753. The first-order chi connectivity index (χ1) is 15.3. The third-order valence-corrected chi connectivity index (χ3v) is 6.14. The molecule has 0 heterocycles. The molecular formula is C21H16Br3N3O4S. The minimum atomic E-state index is -0.483. The molecular weight excluding hydrogens is 630 g/mol. The summed E-state index contributed by atoms with van der Waals surface area (Å²) in [6.45, 7) is -0.504. The van der Waals surface area contributed by atoms with Gasteiger partial charge in [0.15, 0.2) is 18.3 Å². The van der Waals surface area contributed by atoms with Crippen molar-refractivity contribution >= 4 is 87.7 Å². The Morgan fingerprint density at radius 3 is 2.31 bits per heavy atom. The summed E-state index contributed by atoms with van der Waals surface area (Å²) in [5, 5.41) is 4.36. The summed E-state index contributed by atoms with van der Waals surface area (Å²) in [7, 11) is 0. The Hall–Kier alpha value is -2.21. The standard InChI is InChI=1S/C21H16Br3N3O4S/c22-13-6-8-16(15(23)9-13)30-10-18(28)25-21(32)27-26-19(29)11-31-17-7-5-12-3-1-2-4-14(12)20(17)24/h1-9H,10-11H2,(H,26,29)(H2,25,27,28,32). The van der Waals surface area contributed by atoms with Gasteiger partial charge in [0.2, 0.25) is 0 Å². The largest absolute Gasteiger partial charge is 0.483 e. The Morgan fingerprint density at radius 1 is 0.844 bits per heavy atom. The fourth-order valence-corrected chi connectivity index (χ4v) is 4.49. The first-order valence-corrected chi connectivity index (χ1v) is 11.9. The molecule has 0 spiro atoms. The number of halogens is 3. The lowest BCUT2D eigenvalue weighted by Crippen LogP contribution is -2.50. The normalized spacial score (nSPS) is 10.3. The summed E-state index contributed by atoms with van der Waals surface area (Å²) in [4.78, 5) is 24.0. The van der Waals surface area contributed by atoms with Crippen LogP contribution in [0.15, 0.2) is 68.0 Å². The number of fused-ring (bicyclic) bond motifs is 1. The van der Waals surface area contributed by atoms with Crippen molar-refractivity contribution in [1.82, 2.24) is 16.2 Å². The van der Waals surface area contributed by atoms with Crippen LogP contribution in [-0.2, 0) is 9.59 Å². The predicted octanol–water partition coefficient (Wildman–Crippen LogP) is 4.61. The van der Waals surface area contributed by atoms with E-state index in [-0.39, 0.29) is 18.3 Å². The number of carbonyl (C=O) groups is 2. The SMILES string of the molecule is O=C(COc1ccc2ccccc2c1Br)NNC(=S)NC(=O)COc1ccc(Br)cc1Br. The number of thiocarbonyl (C=S) groups is 1. The van der Waals surface area contributed by atoms with Gasteiger partial charge in [-0.3, -0.25) is 25.8 Å². The quantitative estimate of drug-likeness (QED) is 0.268. The van der Waals surface area contributed by atoms with Crippen molar-refractivity contribution in [1.29, 1.82) is 0 Å². The van der Waals surface area contributed by atoms with Gasteiger partial charge in [-0.25, -0.2) is 0 Å². The summed E-state index contributed by atoms with van der Waals surface area (Å²) in [6, 6.07) is 16.8. The van der Waals surface area contributed by atoms with Crippen molar-refractivity contribution < 1.29 is 19.1 Å². The van der Waals surface area contributed by atoms with Gasteiger partial charge in [-0.2, -0.15) is 0 Å². The van der Waals surface area contributed by atoms with Crippen LogP contribution in [0, 0.1) is 0 Å². The molecule has 32 heavy (non-hydrogen) atoms. The van der Waals surface area contributed by atoms with Gasteiger partial charge in [-0.1, -0.05) is 46.3 Å². The van der Waals surface area contributed by atoms with Gasteiger partial charge in [0.25, 0.3) is 11.8 Å². The predicted molar refractivity (Wildman–Crippen MR) is 136 cm³/mol. The van der Waals surface area contributed by atoms with Crippen molar-refractivity contribution in [3.63, 3.8) is 0 Å². The van der Waals surface area contributed by atoms with E-state index in [4.69, 9.17) is 21.7 Å². The van der Waals surface area contributed by atoms with E-state index in [0.717, 1.165) is 19.7 Å². The molecule has 0 fully saturated rings. The molecule has 0 unspecified atom stereocenters. The summed E-state index contributed by atoms with van der Waals surface area (Å²) >= 11 is 15.2. The molecule has 3 aromatic rings. The molecule has 0 aliphatic heterocycles. The second-order valence-electron chi connectivity index (χ2n) is 6.30. The number of benzene rings is 3. The second kappa shape index (κ2) is 11.6. The van der Waals surface area contributed by atoms with Gasteiger partial charge >= 0.3 is 0 Å². The third-order valence-electron chi connectivity index (χ3n) is 4.01. The number of hydrogen-bond donors (Lipinski definition) is 3. The Bertz CT molecular complexity index is 1180. The van der Waals surface area contributed by atoms with Crippen LogP contribution in [0.5, 0.6) is 11.5 Å². The molecule has 3 aromatic carbocycles. The van der Waals surface area contributed by atoms with Crippen LogP contribution in [0.3, 0.4) is 0 Å². The molecule has 0 radical (unpaired) electrons. The van der Waals surface area contributed by atoms with Crippen LogP contribution in [0.25, 0.3) is 10.8 Å². The summed E-state index contributed by atoms with van der Waals surface area (Å²) in [5.41, 5.74) is 4.81. The summed E-state index contributed by atoms with van der Waals surface area (Å²) < 4.78 is 13.3. The smallest absolute Gasteiger partial charge is 0.276 e. The molecule has 0 aliphatic carbocycles. The highest BCUT2D eigenvalue weighted by Gasteiger charge is 2.11. The molecule has 3 rings (SSSR count). The first kappa shape index (κ1) is 24.4. The minimum Gasteiger partial charge on any atom is -0.483 e. The maximum Gasteiger partial charge on any atom is 0.276 e. The number of amides is 2. The highest BCUT2D eigenvalue weighted by molar-refractivity contribution is 9.11. The lowest BCUT2D eigenvalue weighted by atomic mass is 10.1. The zero-order valence-corrected chi connectivity index (χ0v) is 21.9. The summed E-state index contributed by atoms with van der Waals surface area (Å²) in [6.07, 6.45) is 0. The number of rotatable bonds is 6. The van der Waals surface area contributed by atoms with Crippen LogP contribution in [-0.4, -0.2) is 30.1 Å². The van der Waals surface area contributed by atoms with E-state index in [2.05, 4.69) is 64.0 Å². The van der Waals surface area contributed by atoms with Gasteiger partial charge in [-0.05, 0) is 79.1 Å². The van der Waals surface area contributed by atoms with Crippen LogP contribution < -0.4 is 25.6 Å². The van der Waals surface area contributed by atoms with E-state index in [9.17, 15) is 9.59 Å². The highest BCUT2D eigenvalue weighted by Crippen LogP contribution is 2.33. The molecule has 0 saturated heterocycles. The average molecular weight is 646 g/mol. The Labute approximate surface area is 214 Å². The molecule has 7 nitrogen and oxygen atoms in total. The third kappa shape index (κ3) is 6.89. The molecule has 0 atom stereocenters. The lowest BCUT2D eigenvalue weighted by molar-refractivity contribution is -0.124. The Balaban J connectivity index is 1.40. The number of nitrogens with one attached hydrogen (secondary N) is 3. The van der Waals surface area contributed by atoms with E-state index in [1.165, 1.54) is 0 Å². The maximum absolute atomic E-state index is 12.0. The van der Waals surface area contributed by atoms with Gasteiger partial charge in [0.1, 0.15) is 11.5 Å². The molecule has 2 amide bonds. The molecule has 0 bridgehead atoms. The number of ether oxygens (including phenoxy) is 2. The topological polar surface area (TPSA) is 88.7 Å². The van der Waals surface area contributed by atoms with E-state index in [0.29, 0.717) is 16.0 Å². The van der Waals surface area contributed by atoms with E-state index < -0.39 is 11.8 Å². The Kier molecular flexibility index (Phi) is 8.85. The molecule has 3 N–H and O–H groups in total. The first-order valence-electron chi connectivity index (χ1n) is 9.10. The zero-order chi connectivity index (χ0) is 23.1. The van der Waals surface area contributed by atoms with Crippen molar-refractivity contribution in [2.45, 2.75) is 0 Å². The van der Waals surface area contributed by atoms with Gasteiger partial charge in [0.05, 0.1) is 8.95 Å². The molecule has 11 heteroatoms. The average Bonchev–Trinajstić information content (AvgIpc) is 2.77. The van der Waals surface area contributed by atoms with Crippen molar-refractivity contribution in [2.24, 2.45) is 0 Å². The molecule has 0 aromatic heterocycles. The number of carbonyl (C=O) groups excluding carboxylic acids is 2. The number of hydrazine groups is 1. The van der Waals surface area contributed by atoms with Crippen molar-refractivity contribution in [3.8, 4) is 11.5 Å². The van der Waals surface area contributed by atoms with Gasteiger partial charge < -0.3 is 9.47 Å². The van der Waals surface area contributed by atoms with Crippen molar-refractivity contribution in [3.05, 3.63) is 68.0 Å². The monoisotopic (exact) mass is 643 g/mol. The van der Waals surface area contributed by atoms with E-state index in [1.807, 2.05) is 30.3 Å². The number of hydrogen-bond acceptors (Lipinski definition) is 5. The molecule has 0 aliphatic rings. The van der Waals surface area contributed by atoms with E-state index in [1.54, 1.807) is 24.3 Å². The highest BCUT2D eigenvalue weighted by atomic mass is 79.9. The lowest BCUT2D eigenvalue weighted by Gasteiger charge is -2.13. The zero-order valence-electron chi connectivity index (χ0n) is 16.3. The van der Waals surface area contributed by atoms with Gasteiger partial charge in [0, 0.05) is 4.47 Å². The van der Waals surface area contributed by atoms with Crippen LogP contribution in [0.2, 0.25) is 0 Å². The Morgan fingerprint density at radius 2 is 1.53 bits per heavy atom. The van der Waals surface area contributed by atoms with Crippen LogP contribution in [0.4, 0.5) is 0 Å². The van der Waals surface area contributed by atoms with Crippen LogP contribution in [0.1, 0.15) is 0 Å². The second-order valence-corrected chi connectivity index (χ2v) is 9.27.